The van der Waals surface area contributed by atoms with E-state index in [2.05, 4.69) is 10.6 Å². The quantitative estimate of drug-likeness (QED) is 0.808. The third kappa shape index (κ3) is 2.05. The van der Waals surface area contributed by atoms with E-state index >= 15 is 0 Å². The van der Waals surface area contributed by atoms with Crippen molar-refractivity contribution in [2.24, 2.45) is 0 Å². The van der Waals surface area contributed by atoms with E-state index in [0.29, 0.717) is 25.1 Å². The molecular formula is C13H13ClFN3O2. The Hall–Kier alpha value is -1.66. The highest BCUT2D eigenvalue weighted by molar-refractivity contribution is 6.30. The number of imide groups is 1. The molecule has 0 radical (unpaired) electrons. The molecule has 1 atom stereocenters. The van der Waals surface area contributed by atoms with E-state index in [4.69, 9.17) is 11.6 Å². The molecule has 3 amide bonds. The van der Waals surface area contributed by atoms with E-state index in [0.717, 1.165) is 4.90 Å². The monoisotopic (exact) mass is 297 g/mol. The average Bonchev–Trinajstić information content (AvgIpc) is 2.96. The first-order valence-corrected chi connectivity index (χ1v) is 6.68. The molecule has 2 aliphatic rings. The number of hydrogen-bond donors (Lipinski definition) is 2. The number of urea groups is 1. The van der Waals surface area contributed by atoms with Crippen molar-refractivity contribution in [2.45, 2.75) is 18.5 Å². The fraction of sp³-hybridized carbons (Fsp3) is 0.385. The number of benzene rings is 1. The molecule has 2 aliphatic heterocycles. The van der Waals surface area contributed by atoms with Gasteiger partial charge in [-0.25, -0.2) is 9.18 Å². The molecule has 0 aliphatic carbocycles. The normalized spacial score (nSPS) is 25.6. The fourth-order valence-corrected chi connectivity index (χ4v) is 2.74. The maximum atomic E-state index is 13.4. The van der Waals surface area contributed by atoms with Crippen LogP contribution in [0.5, 0.6) is 0 Å². The summed E-state index contributed by atoms with van der Waals surface area (Å²) >= 11 is 5.61. The van der Waals surface area contributed by atoms with E-state index in [1.54, 1.807) is 6.07 Å². The van der Waals surface area contributed by atoms with Gasteiger partial charge in [-0.15, -0.1) is 0 Å². The summed E-state index contributed by atoms with van der Waals surface area (Å²) in [5.41, 5.74) is -0.305. The molecule has 106 valence electrons. The molecule has 1 unspecified atom stereocenters. The topological polar surface area (TPSA) is 61.4 Å². The molecule has 5 nitrogen and oxygen atoms in total. The molecule has 0 saturated carbocycles. The molecular weight excluding hydrogens is 285 g/mol. The summed E-state index contributed by atoms with van der Waals surface area (Å²) in [6.07, 6.45) is 0.572. The van der Waals surface area contributed by atoms with Gasteiger partial charge in [0.05, 0.1) is 11.6 Å². The van der Waals surface area contributed by atoms with E-state index in [9.17, 15) is 14.0 Å². The fourth-order valence-electron chi connectivity index (χ4n) is 2.62. The van der Waals surface area contributed by atoms with Gasteiger partial charge in [-0.2, -0.15) is 0 Å². The summed E-state index contributed by atoms with van der Waals surface area (Å²) in [6, 6.07) is 3.82. The molecule has 7 heteroatoms. The number of amides is 3. The molecule has 2 saturated heterocycles. The summed E-state index contributed by atoms with van der Waals surface area (Å²) in [5.74, 6) is -0.823. The average molecular weight is 298 g/mol. The van der Waals surface area contributed by atoms with Crippen LogP contribution in [0.1, 0.15) is 12.0 Å². The lowest BCUT2D eigenvalue weighted by molar-refractivity contribution is -0.131. The Labute approximate surface area is 120 Å². The zero-order valence-electron chi connectivity index (χ0n) is 10.6. The molecule has 20 heavy (non-hydrogen) atoms. The van der Waals surface area contributed by atoms with Crippen LogP contribution >= 0.6 is 11.6 Å². The minimum Gasteiger partial charge on any atom is -0.322 e. The van der Waals surface area contributed by atoms with Crippen molar-refractivity contribution in [3.63, 3.8) is 0 Å². The largest absolute Gasteiger partial charge is 0.325 e. The van der Waals surface area contributed by atoms with E-state index in [1.165, 1.54) is 12.1 Å². The van der Waals surface area contributed by atoms with Gasteiger partial charge in [0.2, 0.25) is 0 Å². The zero-order chi connectivity index (χ0) is 14.3. The first-order chi connectivity index (χ1) is 9.52. The minimum atomic E-state index is -0.831. The van der Waals surface area contributed by atoms with Gasteiger partial charge in [0.15, 0.2) is 0 Å². The number of carbonyl (C=O) groups excluding carboxylic acids is 2. The van der Waals surface area contributed by atoms with Crippen molar-refractivity contribution >= 4 is 23.5 Å². The van der Waals surface area contributed by atoms with Gasteiger partial charge >= 0.3 is 6.03 Å². The predicted octanol–water partition coefficient (Wildman–Crippen LogP) is 1.26. The van der Waals surface area contributed by atoms with Gasteiger partial charge in [0.1, 0.15) is 11.4 Å². The summed E-state index contributed by atoms with van der Waals surface area (Å²) in [7, 11) is 0. The van der Waals surface area contributed by atoms with Crippen molar-refractivity contribution < 1.29 is 14.0 Å². The summed E-state index contributed by atoms with van der Waals surface area (Å²) in [6.45, 7) is 1.17. The second kappa shape index (κ2) is 4.71. The van der Waals surface area contributed by atoms with Crippen LogP contribution in [0.25, 0.3) is 0 Å². The molecule has 2 N–H and O–H groups in total. The van der Waals surface area contributed by atoms with Crippen LogP contribution in [-0.4, -0.2) is 35.5 Å². The second-order valence-electron chi connectivity index (χ2n) is 5.08. The van der Waals surface area contributed by atoms with E-state index < -0.39 is 17.4 Å². The lowest BCUT2D eigenvalue weighted by atomic mass is 9.99. The highest BCUT2D eigenvalue weighted by atomic mass is 35.5. The van der Waals surface area contributed by atoms with Crippen LogP contribution in [0.3, 0.4) is 0 Å². The van der Waals surface area contributed by atoms with Crippen LogP contribution in [0, 0.1) is 5.82 Å². The van der Waals surface area contributed by atoms with E-state index in [1.807, 2.05) is 0 Å². The van der Waals surface area contributed by atoms with Gasteiger partial charge < -0.3 is 10.6 Å². The van der Waals surface area contributed by atoms with Crippen molar-refractivity contribution in [3.05, 3.63) is 34.6 Å². The lowest BCUT2D eigenvalue weighted by Crippen LogP contribution is -2.48. The first kappa shape index (κ1) is 13.3. The Morgan fingerprint density at radius 2 is 2.20 bits per heavy atom. The standard InChI is InChI=1S/C13H13ClFN3O2/c14-9-2-1-8(5-10(9)15)6-18-11(19)13(17-12(18)20)3-4-16-7-13/h1-2,5,16H,3-4,6-7H2,(H,17,20). The number of rotatable bonds is 2. The van der Waals surface area contributed by atoms with Crippen molar-refractivity contribution in [1.82, 2.24) is 15.5 Å². The van der Waals surface area contributed by atoms with Crippen LogP contribution in [0.4, 0.5) is 9.18 Å². The van der Waals surface area contributed by atoms with Gasteiger partial charge in [0.25, 0.3) is 5.91 Å². The van der Waals surface area contributed by atoms with Crippen LogP contribution in [-0.2, 0) is 11.3 Å². The molecule has 0 bridgehead atoms. The van der Waals surface area contributed by atoms with Crippen molar-refractivity contribution in [2.75, 3.05) is 13.1 Å². The predicted molar refractivity (Wildman–Crippen MR) is 70.7 cm³/mol. The number of halogens is 2. The van der Waals surface area contributed by atoms with Crippen LogP contribution in [0.15, 0.2) is 18.2 Å². The molecule has 0 aromatic heterocycles. The van der Waals surface area contributed by atoms with Crippen LogP contribution < -0.4 is 10.6 Å². The SMILES string of the molecule is O=C1NC2(CCNC2)C(=O)N1Cc1ccc(Cl)c(F)c1. The highest BCUT2D eigenvalue weighted by Crippen LogP contribution is 2.26. The third-order valence-corrected chi connectivity index (χ3v) is 4.03. The third-order valence-electron chi connectivity index (χ3n) is 3.73. The number of nitrogens with one attached hydrogen (secondary N) is 2. The maximum Gasteiger partial charge on any atom is 0.325 e. The van der Waals surface area contributed by atoms with E-state index in [-0.39, 0.29) is 17.5 Å². The summed E-state index contributed by atoms with van der Waals surface area (Å²) < 4.78 is 13.4. The van der Waals surface area contributed by atoms with Gasteiger partial charge in [-0.3, -0.25) is 9.69 Å². The Morgan fingerprint density at radius 1 is 1.40 bits per heavy atom. The van der Waals surface area contributed by atoms with Gasteiger partial charge in [0, 0.05) is 6.54 Å². The Balaban J connectivity index is 1.82. The first-order valence-electron chi connectivity index (χ1n) is 6.31. The van der Waals surface area contributed by atoms with Gasteiger partial charge in [-0.05, 0) is 30.7 Å². The molecule has 1 aromatic rings. The van der Waals surface area contributed by atoms with Gasteiger partial charge in [-0.1, -0.05) is 17.7 Å². The highest BCUT2D eigenvalue weighted by Gasteiger charge is 2.52. The lowest BCUT2D eigenvalue weighted by Gasteiger charge is -2.19. The zero-order valence-corrected chi connectivity index (χ0v) is 11.3. The molecule has 1 aromatic carbocycles. The smallest absolute Gasteiger partial charge is 0.322 e. The summed E-state index contributed by atoms with van der Waals surface area (Å²) in [4.78, 5) is 25.4. The van der Waals surface area contributed by atoms with Crippen molar-refractivity contribution in [1.29, 1.82) is 0 Å². The molecule has 3 rings (SSSR count). The van der Waals surface area contributed by atoms with Crippen LogP contribution in [0.2, 0.25) is 5.02 Å². The molecule has 2 fully saturated rings. The maximum absolute atomic E-state index is 13.4. The Morgan fingerprint density at radius 3 is 2.85 bits per heavy atom. The summed E-state index contributed by atoms with van der Waals surface area (Å²) in [5, 5.41) is 5.81. The second-order valence-corrected chi connectivity index (χ2v) is 5.49. The Bertz CT molecular complexity index is 587. The minimum absolute atomic E-state index is 0.0161. The van der Waals surface area contributed by atoms with Crippen molar-refractivity contribution in [3.8, 4) is 0 Å². The molecule has 1 spiro atoms. The number of hydrogen-bond acceptors (Lipinski definition) is 3. The Kier molecular flexibility index (Phi) is 3.14. The number of nitrogens with zero attached hydrogens (tertiary/aromatic N) is 1. The number of carbonyl (C=O) groups is 2. The molecule has 2 heterocycles.